The van der Waals surface area contributed by atoms with Gasteiger partial charge < -0.3 is 0 Å². The average molecular weight is 374 g/mol. The van der Waals surface area contributed by atoms with Gasteiger partial charge in [-0.2, -0.15) is 18.3 Å². The van der Waals surface area contributed by atoms with Gasteiger partial charge in [0, 0.05) is 10.4 Å². The van der Waals surface area contributed by atoms with Crippen LogP contribution in [0.15, 0.2) is 35.7 Å². The molecule has 10 heteroatoms. The highest BCUT2D eigenvalue weighted by Gasteiger charge is 2.36. The fraction of sp³-hybridized carbons (Fsp3) is 0.333. The minimum atomic E-state index is -4.61. The van der Waals surface area contributed by atoms with Gasteiger partial charge in [0.05, 0.1) is 12.3 Å². The number of hydrogen-bond donors (Lipinski definition) is 1. The van der Waals surface area contributed by atoms with E-state index in [-0.39, 0.29) is 6.54 Å². The molecule has 0 atom stereocenters. The molecule has 1 aromatic carbocycles. The zero-order valence-corrected chi connectivity index (χ0v) is 14.1. The summed E-state index contributed by atoms with van der Waals surface area (Å²) in [6, 6.07) is 6.72. The van der Waals surface area contributed by atoms with Crippen LogP contribution in [0.4, 0.5) is 13.2 Å². The summed E-state index contributed by atoms with van der Waals surface area (Å²) < 4.78 is 39.0. The largest absolute Gasteiger partial charge is 0.453 e. The summed E-state index contributed by atoms with van der Waals surface area (Å²) in [6.45, 7) is 3.60. The molecule has 0 saturated heterocycles. The van der Waals surface area contributed by atoms with Crippen molar-refractivity contribution in [3.05, 3.63) is 47.0 Å². The van der Waals surface area contributed by atoms with Crippen LogP contribution in [0.3, 0.4) is 0 Å². The second-order valence-corrected chi connectivity index (χ2v) is 6.30. The van der Waals surface area contributed by atoms with Crippen LogP contribution in [0, 0.1) is 5.41 Å². The Morgan fingerprint density at radius 2 is 1.96 bits per heavy atom. The van der Waals surface area contributed by atoms with Crippen molar-refractivity contribution < 1.29 is 18.0 Å². The van der Waals surface area contributed by atoms with E-state index in [2.05, 4.69) is 20.6 Å². The van der Waals surface area contributed by atoms with Crippen molar-refractivity contribution in [2.45, 2.75) is 26.6 Å². The molecule has 2 aromatic rings. The molecule has 0 fully saturated rings. The van der Waals surface area contributed by atoms with Crippen molar-refractivity contribution in [2.24, 2.45) is 10.5 Å². The first kappa shape index (κ1) is 18.9. The number of aromatic nitrogens is 3. The highest BCUT2D eigenvalue weighted by molar-refractivity contribution is 6.30. The molecule has 1 amide bonds. The summed E-state index contributed by atoms with van der Waals surface area (Å²) in [7, 11) is 0. The molecule has 0 aliphatic heterocycles. The smallest absolute Gasteiger partial charge is 0.277 e. The zero-order valence-electron chi connectivity index (χ0n) is 13.4. The molecule has 6 nitrogen and oxygen atoms in total. The number of benzene rings is 1. The molecule has 0 aliphatic carbocycles. The van der Waals surface area contributed by atoms with Gasteiger partial charge in [0.1, 0.15) is 6.33 Å². The molecule has 25 heavy (non-hydrogen) atoms. The minimum Gasteiger partial charge on any atom is -0.277 e. The lowest BCUT2D eigenvalue weighted by Crippen LogP contribution is -2.32. The Morgan fingerprint density at radius 3 is 2.48 bits per heavy atom. The fourth-order valence-corrected chi connectivity index (χ4v) is 2.41. The number of halogens is 4. The van der Waals surface area contributed by atoms with Crippen LogP contribution in [0.2, 0.25) is 5.02 Å². The third-order valence-corrected chi connectivity index (χ3v) is 3.59. The molecular formula is C15H15ClF3N5O. The van der Waals surface area contributed by atoms with Gasteiger partial charge in [-0.05, 0) is 17.7 Å². The van der Waals surface area contributed by atoms with Crippen LogP contribution in [-0.2, 0) is 17.5 Å². The SMILES string of the molecule is CC(C)(Cn1cnc(C(F)(F)F)n1)C(=NNC=O)c1ccc(Cl)cc1. The second kappa shape index (κ2) is 7.22. The Kier molecular flexibility index (Phi) is 5.46. The van der Waals surface area contributed by atoms with E-state index < -0.39 is 17.4 Å². The van der Waals surface area contributed by atoms with Gasteiger partial charge in [-0.1, -0.05) is 37.6 Å². The summed E-state index contributed by atoms with van der Waals surface area (Å²) in [6.07, 6.45) is -3.19. The quantitative estimate of drug-likeness (QED) is 0.480. The molecule has 1 N–H and O–H groups in total. The maximum Gasteiger partial charge on any atom is 0.453 e. The van der Waals surface area contributed by atoms with Crippen molar-refractivity contribution in [1.29, 1.82) is 0 Å². The Hall–Kier alpha value is -2.42. The summed E-state index contributed by atoms with van der Waals surface area (Å²) >= 11 is 5.87. The Balaban J connectivity index is 2.33. The normalized spacial score (nSPS) is 13.0. The predicted octanol–water partition coefficient (Wildman–Crippen LogP) is 3.13. The second-order valence-electron chi connectivity index (χ2n) is 5.86. The third kappa shape index (κ3) is 4.79. The van der Waals surface area contributed by atoms with E-state index in [4.69, 9.17) is 11.6 Å². The maximum absolute atomic E-state index is 12.6. The van der Waals surface area contributed by atoms with Gasteiger partial charge in [0.15, 0.2) is 0 Å². The zero-order chi connectivity index (χ0) is 18.7. The van der Waals surface area contributed by atoms with Crippen LogP contribution in [0.5, 0.6) is 0 Å². The summed E-state index contributed by atoms with van der Waals surface area (Å²) in [5, 5.41) is 8.01. The Labute approximate surface area is 146 Å². The van der Waals surface area contributed by atoms with Crippen molar-refractivity contribution in [2.75, 3.05) is 0 Å². The Bertz CT molecular complexity index is 768. The molecule has 0 radical (unpaired) electrons. The van der Waals surface area contributed by atoms with Gasteiger partial charge in [-0.25, -0.2) is 10.4 Å². The van der Waals surface area contributed by atoms with Gasteiger partial charge in [0.2, 0.25) is 6.41 Å². The van der Waals surface area contributed by atoms with Crippen LogP contribution >= 0.6 is 11.6 Å². The van der Waals surface area contributed by atoms with E-state index in [0.717, 1.165) is 11.0 Å². The first-order valence-electron chi connectivity index (χ1n) is 7.13. The number of hydrazone groups is 1. The molecule has 134 valence electrons. The van der Waals surface area contributed by atoms with Gasteiger partial charge in [-0.3, -0.25) is 9.48 Å². The number of amides is 1. The van der Waals surface area contributed by atoms with Crippen LogP contribution < -0.4 is 5.43 Å². The monoisotopic (exact) mass is 373 g/mol. The first-order valence-corrected chi connectivity index (χ1v) is 7.51. The number of nitrogens with one attached hydrogen (secondary N) is 1. The standard InChI is InChI=1S/C15H15ClF3N5O/c1-14(2,7-24-8-20-13(23-24)15(17,18)19)12(22-21-9-25)10-3-5-11(16)6-4-10/h3-6,8-9H,7H2,1-2H3,(H,21,25). The maximum atomic E-state index is 12.6. The summed E-state index contributed by atoms with van der Waals surface area (Å²) in [5.41, 5.74) is 2.59. The minimum absolute atomic E-state index is 0.0675. The number of nitrogens with zero attached hydrogens (tertiary/aromatic N) is 4. The van der Waals surface area contributed by atoms with Crippen LogP contribution in [-0.4, -0.2) is 26.9 Å². The van der Waals surface area contributed by atoms with Crippen LogP contribution in [0.25, 0.3) is 0 Å². The predicted molar refractivity (Wildman–Crippen MR) is 86.0 cm³/mol. The summed E-state index contributed by atoms with van der Waals surface area (Å²) in [5.74, 6) is -1.21. The molecule has 1 heterocycles. The molecule has 0 saturated carbocycles. The van der Waals surface area contributed by atoms with Crippen molar-refractivity contribution in [3.63, 3.8) is 0 Å². The lowest BCUT2D eigenvalue weighted by molar-refractivity contribution is -0.145. The van der Waals surface area contributed by atoms with Gasteiger partial charge in [-0.15, -0.1) is 5.10 Å². The first-order chi connectivity index (χ1) is 11.6. The highest BCUT2D eigenvalue weighted by Crippen LogP contribution is 2.28. The van der Waals surface area contributed by atoms with Crippen molar-refractivity contribution >= 4 is 23.7 Å². The molecular weight excluding hydrogens is 359 g/mol. The number of carbonyl (C=O) groups excluding carboxylic acids is 1. The van der Waals surface area contributed by atoms with Gasteiger partial charge in [0.25, 0.3) is 5.82 Å². The molecule has 2 rings (SSSR count). The molecule has 0 aliphatic rings. The molecule has 0 bridgehead atoms. The van der Waals surface area contributed by atoms with Crippen LogP contribution in [0.1, 0.15) is 25.2 Å². The highest BCUT2D eigenvalue weighted by atomic mass is 35.5. The number of hydrogen-bond acceptors (Lipinski definition) is 4. The number of carbonyl (C=O) groups is 1. The lowest BCUT2D eigenvalue weighted by Gasteiger charge is -2.26. The molecule has 0 unspecified atom stereocenters. The topological polar surface area (TPSA) is 72.2 Å². The van der Waals surface area contributed by atoms with Crippen molar-refractivity contribution in [1.82, 2.24) is 20.2 Å². The summed E-state index contributed by atoms with van der Waals surface area (Å²) in [4.78, 5) is 13.9. The van der Waals surface area contributed by atoms with E-state index in [9.17, 15) is 18.0 Å². The number of alkyl halides is 3. The van der Waals surface area contributed by atoms with Crippen molar-refractivity contribution in [3.8, 4) is 0 Å². The third-order valence-electron chi connectivity index (χ3n) is 3.34. The average Bonchev–Trinajstić information content (AvgIpc) is 2.97. The van der Waals surface area contributed by atoms with E-state index in [1.807, 2.05) is 0 Å². The lowest BCUT2D eigenvalue weighted by atomic mass is 9.83. The molecule has 0 spiro atoms. The Morgan fingerprint density at radius 1 is 1.32 bits per heavy atom. The van der Waals surface area contributed by atoms with E-state index in [1.165, 1.54) is 0 Å². The fourth-order valence-electron chi connectivity index (χ4n) is 2.29. The van der Waals surface area contributed by atoms with E-state index >= 15 is 0 Å². The van der Waals surface area contributed by atoms with E-state index in [0.29, 0.717) is 22.7 Å². The van der Waals surface area contributed by atoms with Gasteiger partial charge >= 0.3 is 6.18 Å². The van der Waals surface area contributed by atoms with E-state index in [1.54, 1.807) is 38.1 Å². The number of rotatable bonds is 6. The molecule has 1 aromatic heterocycles.